The highest BCUT2D eigenvalue weighted by atomic mass is 32.1. The molecule has 2 heterocycles. The third-order valence-electron chi connectivity index (χ3n) is 4.69. The number of hydrogen-bond donors (Lipinski definition) is 1. The summed E-state index contributed by atoms with van der Waals surface area (Å²) in [7, 11) is 0. The van der Waals surface area contributed by atoms with Crippen LogP contribution in [0.25, 0.3) is 0 Å². The molecule has 0 spiro atoms. The van der Waals surface area contributed by atoms with Gasteiger partial charge in [-0.05, 0) is 53.5 Å². The maximum absolute atomic E-state index is 13.6. The average Bonchev–Trinajstić information content (AvgIpc) is 3.38. The van der Waals surface area contributed by atoms with E-state index in [0.29, 0.717) is 11.4 Å². The molecule has 0 radical (unpaired) electrons. The van der Waals surface area contributed by atoms with Crippen LogP contribution in [0.5, 0.6) is 0 Å². The lowest BCUT2D eigenvalue weighted by atomic mass is 10.1. The smallest absolute Gasteiger partial charge is 0.280 e. The summed E-state index contributed by atoms with van der Waals surface area (Å²) in [5.74, 6) is -1.44. The second-order valence-electron chi connectivity index (χ2n) is 6.80. The van der Waals surface area contributed by atoms with Crippen LogP contribution >= 0.6 is 11.5 Å². The normalized spacial score (nSPS) is 11.5. The van der Waals surface area contributed by atoms with Crippen molar-refractivity contribution in [1.82, 2.24) is 19.9 Å². The third kappa shape index (κ3) is 4.84. The Labute approximate surface area is 187 Å². The van der Waals surface area contributed by atoms with Crippen molar-refractivity contribution in [2.45, 2.75) is 12.6 Å². The minimum absolute atomic E-state index is 0.0797. The predicted octanol–water partition coefficient (Wildman–Crippen LogP) is 3.78. The van der Waals surface area contributed by atoms with Crippen molar-refractivity contribution < 1.29 is 14.0 Å². The number of carbonyl (C=O) groups excluding carboxylic acids is 2. The van der Waals surface area contributed by atoms with Crippen molar-refractivity contribution in [2.24, 2.45) is 0 Å². The lowest BCUT2D eigenvalue weighted by Gasteiger charge is -2.30. The van der Waals surface area contributed by atoms with Gasteiger partial charge in [-0.1, -0.05) is 40.9 Å². The minimum Gasteiger partial charge on any atom is -0.350 e. The average molecular weight is 447 g/mol. The number of rotatable bonds is 7. The number of benzene rings is 2. The first-order chi connectivity index (χ1) is 15.6. The van der Waals surface area contributed by atoms with E-state index in [1.165, 1.54) is 34.5 Å². The van der Waals surface area contributed by atoms with Crippen LogP contribution in [0.1, 0.15) is 27.8 Å². The third-order valence-corrected chi connectivity index (χ3v) is 5.19. The van der Waals surface area contributed by atoms with Gasteiger partial charge in [0.2, 0.25) is 5.91 Å². The topological polar surface area (TPSA) is 88.1 Å². The van der Waals surface area contributed by atoms with Crippen LogP contribution in [0.4, 0.5) is 10.1 Å². The molecule has 0 fully saturated rings. The van der Waals surface area contributed by atoms with Crippen molar-refractivity contribution in [3.8, 4) is 0 Å². The van der Waals surface area contributed by atoms with E-state index in [-0.39, 0.29) is 12.2 Å². The van der Waals surface area contributed by atoms with Crippen molar-refractivity contribution in [1.29, 1.82) is 0 Å². The zero-order valence-corrected chi connectivity index (χ0v) is 17.6. The quantitative estimate of drug-likeness (QED) is 0.466. The van der Waals surface area contributed by atoms with Gasteiger partial charge >= 0.3 is 0 Å². The number of nitrogens with one attached hydrogen (secondary N) is 1. The van der Waals surface area contributed by atoms with Gasteiger partial charge in [0, 0.05) is 23.8 Å². The Kier molecular flexibility index (Phi) is 6.57. The molecule has 2 aromatic carbocycles. The van der Waals surface area contributed by atoms with Gasteiger partial charge in [-0.15, -0.1) is 5.10 Å². The Balaban J connectivity index is 1.75. The summed E-state index contributed by atoms with van der Waals surface area (Å²) in [6, 6.07) is 18.8. The number of carbonyl (C=O) groups is 2. The van der Waals surface area contributed by atoms with E-state index >= 15 is 0 Å². The highest BCUT2D eigenvalue weighted by Gasteiger charge is 2.35. The van der Waals surface area contributed by atoms with Crippen LogP contribution in [0.2, 0.25) is 0 Å². The summed E-state index contributed by atoms with van der Waals surface area (Å²) in [5, 5.41) is 8.24. The summed E-state index contributed by atoms with van der Waals surface area (Å²) >= 11 is 1.02. The lowest BCUT2D eigenvalue weighted by molar-refractivity contribution is -0.122. The van der Waals surface area contributed by atoms with Crippen LogP contribution in [0, 0.1) is 5.82 Å². The molecule has 2 amide bonds. The van der Waals surface area contributed by atoms with Gasteiger partial charge in [0.1, 0.15) is 5.82 Å². The number of amides is 2. The van der Waals surface area contributed by atoms with Crippen molar-refractivity contribution in [2.75, 3.05) is 4.90 Å². The summed E-state index contributed by atoms with van der Waals surface area (Å²) in [4.78, 5) is 32.4. The van der Waals surface area contributed by atoms with Gasteiger partial charge in [0.05, 0.1) is 5.69 Å². The van der Waals surface area contributed by atoms with Gasteiger partial charge in [-0.25, -0.2) is 4.39 Å². The number of anilines is 1. The second kappa shape index (κ2) is 9.88. The summed E-state index contributed by atoms with van der Waals surface area (Å²) in [5.41, 5.74) is 1.67. The molecule has 32 heavy (non-hydrogen) atoms. The molecule has 4 aromatic rings. The van der Waals surface area contributed by atoms with Gasteiger partial charge in [-0.2, -0.15) is 0 Å². The molecular weight excluding hydrogens is 429 g/mol. The number of pyridine rings is 1. The SMILES string of the molecule is O=C(NCc1ccccc1)[C@H](c1ccccn1)N(C(=O)c1csnn1)c1ccc(F)cc1. The first-order valence-electron chi connectivity index (χ1n) is 9.72. The van der Waals surface area contributed by atoms with Crippen LogP contribution in [-0.2, 0) is 11.3 Å². The molecule has 7 nitrogen and oxygen atoms in total. The summed E-state index contributed by atoms with van der Waals surface area (Å²) < 4.78 is 17.4. The molecule has 1 N–H and O–H groups in total. The Bertz CT molecular complexity index is 1170. The molecule has 0 unspecified atom stereocenters. The zero-order chi connectivity index (χ0) is 22.3. The molecule has 2 aromatic heterocycles. The second-order valence-corrected chi connectivity index (χ2v) is 7.41. The van der Waals surface area contributed by atoms with E-state index in [4.69, 9.17) is 0 Å². The van der Waals surface area contributed by atoms with E-state index in [0.717, 1.165) is 17.1 Å². The molecule has 0 bridgehead atoms. The molecule has 1 atom stereocenters. The Morgan fingerprint density at radius 3 is 2.41 bits per heavy atom. The van der Waals surface area contributed by atoms with Gasteiger partial charge < -0.3 is 5.32 Å². The van der Waals surface area contributed by atoms with Crippen LogP contribution in [-0.4, -0.2) is 26.4 Å². The molecular formula is C23H18FN5O2S. The lowest BCUT2D eigenvalue weighted by Crippen LogP contribution is -2.44. The minimum atomic E-state index is -1.11. The first kappa shape index (κ1) is 21.3. The van der Waals surface area contributed by atoms with E-state index in [1.54, 1.807) is 24.4 Å². The summed E-state index contributed by atoms with van der Waals surface area (Å²) in [6.45, 7) is 0.271. The van der Waals surface area contributed by atoms with Gasteiger partial charge in [0.15, 0.2) is 11.7 Å². The molecule has 0 saturated carbocycles. The predicted molar refractivity (Wildman–Crippen MR) is 118 cm³/mol. The highest BCUT2D eigenvalue weighted by molar-refractivity contribution is 7.03. The Morgan fingerprint density at radius 2 is 1.75 bits per heavy atom. The number of aromatic nitrogens is 3. The molecule has 160 valence electrons. The molecule has 4 rings (SSSR count). The maximum Gasteiger partial charge on any atom is 0.280 e. The fraction of sp³-hybridized carbons (Fsp3) is 0.0870. The van der Waals surface area contributed by atoms with E-state index in [2.05, 4.69) is 19.9 Å². The standard InChI is InChI=1S/C23H18FN5O2S/c24-17-9-11-18(12-10-17)29(23(31)20-15-32-28-27-20)21(19-8-4-5-13-25-19)22(30)26-14-16-6-2-1-3-7-16/h1-13,15,21H,14H2,(H,26,30)/t21-/m0/s1. The molecule has 0 aliphatic heterocycles. The fourth-order valence-corrected chi connectivity index (χ4v) is 3.60. The van der Waals surface area contributed by atoms with Crippen LogP contribution < -0.4 is 10.2 Å². The zero-order valence-electron chi connectivity index (χ0n) is 16.8. The number of halogens is 1. The molecule has 0 aliphatic carbocycles. The molecule has 0 saturated heterocycles. The van der Waals surface area contributed by atoms with E-state index in [9.17, 15) is 14.0 Å². The fourth-order valence-electron chi connectivity index (χ4n) is 3.17. The molecule has 0 aliphatic rings. The van der Waals surface area contributed by atoms with Gasteiger partial charge in [0.25, 0.3) is 5.91 Å². The van der Waals surface area contributed by atoms with Crippen molar-refractivity contribution in [3.63, 3.8) is 0 Å². The highest BCUT2D eigenvalue weighted by Crippen LogP contribution is 2.29. The summed E-state index contributed by atoms with van der Waals surface area (Å²) in [6.07, 6.45) is 1.55. The van der Waals surface area contributed by atoms with Crippen molar-refractivity contribution in [3.05, 3.63) is 107 Å². The van der Waals surface area contributed by atoms with E-state index in [1.807, 2.05) is 30.3 Å². The number of nitrogens with zero attached hydrogens (tertiary/aromatic N) is 4. The maximum atomic E-state index is 13.6. The van der Waals surface area contributed by atoms with Gasteiger partial charge in [-0.3, -0.25) is 19.5 Å². The first-order valence-corrected chi connectivity index (χ1v) is 10.6. The number of hydrogen-bond acceptors (Lipinski definition) is 6. The monoisotopic (exact) mass is 447 g/mol. The van der Waals surface area contributed by atoms with E-state index < -0.39 is 23.7 Å². The molecule has 9 heteroatoms. The Morgan fingerprint density at radius 1 is 1.00 bits per heavy atom. The van der Waals surface area contributed by atoms with Crippen LogP contribution in [0.15, 0.2) is 84.4 Å². The largest absolute Gasteiger partial charge is 0.350 e. The van der Waals surface area contributed by atoms with Crippen molar-refractivity contribution >= 4 is 29.0 Å². The Hall–Kier alpha value is -3.98. The van der Waals surface area contributed by atoms with Crippen LogP contribution in [0.3, 0.4) is 0 Å².